The first-order valence-corrected chi connectivity index (χ1v) is 5.61. The van der Waals surface area contributed by atoms with Crippen molar-refractivity contribution in [2.24, 2.45) is 0 Å². The van der Waals surface area contributed by atoms with Crippen LogP contribution in [-0.2, 0) is 11.3 Å². The van der Waals surface area contributed by atoms with Gasteiger partial charge in [0.1, 0.15) is 0 Å². The first kappa shape index (κ1) is 11.4. The highest BCUT2D eigenvalue weighted by atomic mass is 16.5. The van der Waals surface area contributed by atoms with E-state index in [0.29, 0.717) is 0 Å². The molecular formula is C12H19N3O. The highest BCUT2D eigenvalue weighted by molar-refractivity contribution is 5.43. The highest BCUT2D eigenvalue weighted by Crippen LogP contribution is 2.19. The van der Waals surface area contributed by atoms with E-state index in [1.165, 1.54) is 0 Å². The molecule has 0 aromatic carbocycles. The molecule has 2 heterocycles. The van der Waals surface area contributed by atoms with E-state index in [1.807, 2.05) is 6.07 Å². The van der Waals surface area contributed by atoms with Gasteiger partial charge in [0.25, 0.3) is 0 Å². The third kappa shape index (κ3) is 2.71. The van der Waals surface area contributed by atoms with E-state index in [1.54, 1.807) is 12.4 Å². The maximum Gasteiger partial charge on any atom is 0.0753 e. The SMILES string of the molecule is CC1(C)CN(Cc2ccncc2N)CCO1. The lowest BCUT2D eigenvalue weighted by molar-refractivity contribution is -0.0882. The second-order valence-electron chi connectivity index (χ2n) is 4.89. The molecule has 0 atom stereocenters. The number of nitrogens with two attached hydrogens (primary N) is 1. The lowest BCUT2D eigenvalue weighted by Crippen LogP contribution is -2.47. The number of nitrogen functional groups attached to an aromatic ring is 1. The Hall–Kier alpha value is -1.13. The lowest BCUT2D eigenvalue weighted by atomic mass is 10.1. The van der Waals surface area contributed by atoms with Crippen molar-refractivity contribution < 1.29 is 4.74 Å². The molecule has 2 N–H and O–H groups in total. The van der Waals surface area contributed by atoms with Gasteiger partial charge in [-0.2, -0.15) is 0 Å². The molecule has 1 aromatic heterocycles. The molecule has 2 rings (SSSR count). The molecule has 0 unspecified atom stereocenters. The molecular weight excluding hydrogens is 202 g/mol. The van der Waals surface area contributed by atoms with Crippen LogP contribution in [0.4, 0.5) is 5.69 Å². The van der Waals surface area contributed by atoms with Gasteiger partial charge < -0.3 is 10.5 Å². The van der Waals surface area contributed by atoms with E-state index >= 15 is 0 Å². The molecule has 0 aliphatic carbocycles. The summed E-state index contributed by atoms with van der Waals surface area (Å²) in [6.07, 6.45) is 3.50. The minimum absolute atomic E-state index is 0.0555. The van der Waals surface area contributed by atoms with Crippen LogP contribution in [0.2, 0.25) is 0 Å². The standard InChI is InChI=1S/C12H19N3O/c1-12(2)9-15(5-6-16-12)8-10-3-4-14-7-11(10)13/h3-4,7H,5-6,8-9,13H2,1-2H3. The molecule has 1 aliphatic heterocycles. The zero-order chi connectivity index (χ0) is 11.6. The van der Waals surface area contributed by atoms with Crippen LogP contribution in [0.25, 0.3) is 0 Å². The first-order valence-electron chi connectivity index (χ1n) is 5.61. The third-order valence-corrected chi connectivity index (χ3v) is 2.84. The molecule has 16 heavy (non-hydrogen) atoms. The van der Waals surface area contributed by atoms with Crippen molar-refractivity contribution in [2.75, 3.05) is 25.4 Å². The molecule has 1 saturated heterocycles. The van der Waals surface area contributed by atoms with E-state index < -0.39 is 0 Å². The minimum atomic E-state index is -0.0555. The van der Waals surface area contributed by atoms with Gasteiger partial charge in [0.05, 0.1) is 24.1 Å². The minimum Gasteiger partial charge on any atom is -0.397 e. The number of rotatable bonds is 2. The summed E-state index contributed by atoms with van der Waals surface area (Å²) >= 11 is 0. The quantitative estimate of drug-likeness (QED) is 0.817. The van der Waals surface area contributed by atoms with Crippen LogP contribution in [0, 0.1) is 0 Å². The molecule has 88 valence electrons. The van der Waals surface area contributed by atoms with Gasteiger partial charge in [-0.3, -0.25) is 9.88 Å². The summed E-state index contributed by atoms with van der Waals surface area (Å²) in [6.45, 7) is 7.81. The Morgan fingerprint density at radius 3 is 3.06 bits per heavy atom. The molecule has 0 amide bonds. The fourth-order valence-electron chi connectivity index (χ4n) is 2.07. The van der Waals surface area contributed by atoms with E-state index in [4.69, 9.17) is 10.5 Å². The second kappa shape index (κ2) is 4.39. The van der Waals surface area contributed by atoms with Gasteiger partial charge in [0, 0.05) is 25.8 Å². The van der Waals surface area contributed by atoms with E-state index in [9.17, 15) is 0 Å². The molecule has 0 saturated carbocycles. The van der Waals surface area contributed by atoms with Crippen LogP contribution >= 0.6 is 0 Å². The van der Waals surface area contributed by atoms with Gasteiger partial charge in [-0.1, -0.05) is 0 Å². The average molecular weight is 221 g/mol. The van der Waals surface area contributed by atoms with E-state index in [-0.39, 0.29) is 5.60 Å². The third-order valence-electron chi connectivity index (χ3n) is 2.84. The van der Waals surface area contributed by atoms with Crippen molar-refractivity contribution in [3.63, 3.8) is 0 Å². The molecule has 0 radical (unpaired) electrons. The Bertz CT molecular complexity index is 365. The highest BCUT2D eigenvalue weighted by Gasteiger charge is 2.27. The Morgan fingerprint density at radius 1 is 1.56 bits per heavy atom. The average Bonchev–Trinajstić information content (AvgIpc) is 2.20. The number of ether oxygens (including phenoxy) is 1. The zero-order valence-corrected chi connectivity index (χ0v) is 9.94. The molecule has 0 spiro atoms. The van der Waals surface area contributed by atoms with Crippen LogP contribution < -0.4 is 5.73 Å². The van der Waals surface area contributed by atoms with E-state index in [2.05, 4.69) is 23.7 Å². The lowest BCUT2D eigenvalue weighted by Gasteiger charge is -2.38. The Balaban J connectivity index is 2.02. The molecule has 1 aliphatic rings. The van der Waals surface area contributed by atoms with Crippen molar-refractivity contribution >= 4 is 5.69 Å². The monoisotopic (exact) mass is 221 g/mol. The Labute approximate surface area is 96.4 Å². The number of aromatic nitrogens is 1. The van der Waals surface area contributed by atoms with Crippen molar-refractivity contribution in [3.05, 3.63) is 24.0 Å². The summed E-state index contributed by atoms with van der Waals surface area (Å²) in [5.41, 5.74) is 7.75. The number of hydrogen-bond donors (Lipinski definition) is 1. The number of anilines is 1. The second-order valence-corrected chi connectivity index (χ2v) is 4.89. The normalized spacial score (nSPS) is 20.9. The molecule has 1 aromatic rings. The fraction of sp³-hybridized carbons (Fsp3) is 0.583. The van der Waals surface area contributed by atoms with Crippen molar-refractivity contribution in [3.8, 4) is 0 Å². The zero-order valence-electron chi connectivity index (χ0n) is 9.94. The van der Waals surface area contributed by atoms with Crippen molar-refractivity contribution in [2.45, 2.75) is 26.0 Å². The summed E-state index contributed by atoms with van der Waals surface area (Å²) < 4.78 is 5.68. The smallest absolute Gasteiger partial charge is 0.0753 e. The van der Waals surface area contributed by atoms with Crippen LogP contribution in [-0.4, -0.2) is 35.2 Å². The van der Waals surface area contributed by atoms with Crippen molar-refractivity contribution in [1.29, 1.82) is 0 Å². The summed E-state index contributed by atoms with van der Waals surface area (Å²) in [5.74, 6) is 0. The number of morpholine rings is 1. The topological polar surface area (TPSA) is 51.4 Å². The number of nitrogens with zero attached hydrogens (tertiary/aromatic N) is 2. The molecule has 4 nitrogen and oxygen atoms in total. The summed E-state index contributed by atoms with van der Waals surface area (Å²) in [5, 5.41) is 0. The molecule has 1 fully saturated rings. The van der Waals surface area contributed by atoms with Crippen LogP contribution in [0.5, 0.6) is 0 Å². The predicted molar refractivity (Wildman–Crippen MR) is 64.0 cm³/mol. The van der Waals surface area contributed by atoms with Gasteiger partial charge in [-0.05, 0) is 25.5 Å². The molecule has 4 heteroatoms. The van der Waals surface area contributed by atoms with Gasteiger partial charge >= 0.3 is 0 Å². The Morgan fingerprint density at radius 2 is 2.38 bits per heavy atom. The van der Waals surface area contributed by atoms with Crippen LogP contribution in [0.1, 0.15) is 19.4 Å². The predicted octanol–water partition coefficient (Wildman–Crippen LogP) is 1.27. The molecule has 0 bridgehead atoms. The van der Waals surface area contributed by atoms with Gasteiger partial charge in [-0.15, -0.1) is 0 Å². The first-order chi connectivity index (χ1) is 7.57. The van der Waals surface area contributed by atoms with Gasteiger partial charge in [0.2, 0.25) is 0 Å². The van der Waals surface area contributed by atoms with E-state index in [0.717, 1.165) is 37.5 Å². The largest absolute Gasteiger partial charge is 0.397 e. The maximum absolute atomic E-state index is 5.88. The van der Waals surface area contributed by atoms with Crippen molar-refractivity contribution in [1.82, 2.24) is 9.88 Å². The summed E-state index contributed by atoms with van der Waals surface area (Å²) in [7, 11) is 0. The van der Waals surface area contributed by atoms with Gasteiger partial charge in [-0.25, -0.2) is 0 Å². The summed E-state index contributed by atoms with van der Waals surface area (Å²) in [6, 6.07) is 1.98. The number of hydrogen-bond acceptors (Lipinski definition) is 4. The van der Waals surface area contributed by atoms with Crippen LogP contribution in [0.3, 0.4) is 0 Å². The maximum atomic E-state index is 5.88. The number of pyridine rings is 1. The fourth-order valence-corrected chi connectivity index (χ4v) is 2.07. The van der Waals surface area contributed by atoms with Crippen LogP contribution in [0.15, 0.2) is 18.5 Å². The Kier molecular flexibility index (Phi) is 3.12. The summed E-state index contributed by atoms with van der Waals surface area (Å²) in [4.78, 5) is 6.37. The van der Waals surface area contributed by atoms with Gasteiger partial charge in [0.15, 0.2) is 0 Å².